The molecule has 1 amide bonds. The third-order valence-electron chi connectivity index (χ3n) is 3.80. The molecule has 5 nitrogen and oxygen atoms in total. The van der Waals surface area contributed by atoms with Gasteiger partial charge in [0.25, 0.3) is 5.91 Å². The van der Waals surface area contributed by atoms with E-state index < -0.39 is 0 Å². The number of aryl methyl sites for hydroxylation is 3. The normalized spacial score (nSPS) is 10.8. The molecule has 0 aliphatic rings. The van der Waals surface area contributed by atoms with Crippen LogP contribution in [0.2, 0.25) is 0 Å². The van der Waals surface area contributed by atoms with Gasteiger partial charge in [0.05, 0.1) is 6.21 Å². The van der Waals surface area contributed by atoms with Crippen molar-refractivity contribution in [2.75, 3.05) is 6.61 Å². The molecule has 0 aromatic heterocycles. The lowest BCUT2D eigenvalue weighted by Gasteiger charge is -2.13. The number of ether oxygens (including phenoxy) is 1. The summed E-state index contributed by atoms with van der Waals surface area (Å²) >= 11 is 0. The molecule has 0 fully saturated rings. The fraction of sp³-hybridized carbons (Fsp3) is 0.263. The van der Waals surface area contributed by atoms with Crippen LogP contribution in [0.5, 0.6) is 11.5 Å². The lowest BCUT2D eigenvalue weighted by atomic mass is 10.1. The molecule has 2 N–H and O–H groups in total. The smallest absolute Gasteiger partial charge is 0.277 e. The molecular formula is C19H22N2O3. The molecule has 0 saturated heterocycles. The Morgan fingerprint density at radius 3 is 2.62 bits per heavy atom. The van der Waals surface area contributed by atoms with Gasteiger partial charge in [0.15, 0.2) is 6.61 Å². The summed E-state index contributed by atoms with van der Waals surface area (Å²) in [5, 5.41) is 13.6. The Bertz CT molecular complexity index is 782. The Balaban J connectivity index is 1.94. The van der Waals surface area contributed by atoms with Crippen molar-refractivity contribution in [1.82, 2.24) is 5.43 Å². The number of hydrogen-bond donors (Lipinski definition) is 2. The zero-order valence-corrected chi connectivity index (χ0v) is 14.4. The van der Waals surface area contributed by atoms with Gasteiger partial charge in [-0.05, 0) is 56.5 Å². The highest BCUT2D eigenvalue weighted by Crippen LogP contribution is 2.25. The van der Waals surface area contributed by atoms with Crippen LogP contribution < -0.4 is 10.2 Å². The summed E-state index contributed by atoms with van der Waals surface area (Å²) in [5.74, 6) is 0.477. The van der Waals surface area contributed by atoms with E-state index in [0.29, 0.717) is 5.56 Å². The Hall–Kier alpha value is -2.82. The van der Waals surface area contributed by atoms with Crippen LogP contribution in [0, 0.1) is 27.7 Å². The van der Waals surface area contributed by atoms with E-state index in [1.807, 2.05) is 39.8 Å². The van der Waals surface area contributed by atoms with Crippen LogP contribution in [0.4, 0.5) is 0 Å². The molecule has 0 saturated carbocycles. The highest BCUT2D eigenvalue weighted by molar-refractivity contribution is 5.85. The number of hydrogen-bond acceptors (Lipinski definition) is 4. The van der Waals surface area contributed by atoms with Crippen LogP contribution in [0.3, 0.4) is 0 Å². The summed E-state index contributed by atoms with van der Waals surface area (Å²) < 4.78 is 5.62. The van der Waals surface area contributed by atoms with Gasteiger partial charge in [0.1, 0.15) is 11.5 Å². The molecule has 0 aliphatic heterocycles. The standard InChI is InChI=1S/C19H22N2O3/c1-12-5-8-17(22)16(9-12)10-20-21-18(23)11-24-19-14(3)7-6-13(2)15(19)4/h5-10,22H,11H2,1-4H3,(H,21,23). The third kappa shape index (κ3) is 4.35. The number of carbonyl (C=O) groups excluding carboxylic acids is 1. The van der Waals surface area contributed by atoms with Gasteiger partial charge in [-0.25, -0.2) is 5.43 Å². The predicted octanol–water partition coefficient (Wildman–Crippen LogP) is 3.15. The number of carbonyl (C=O) groups is 1. The first-order valence-corrected chi connectivity index (χ1v) is 7.69. The van der Waals surface area contributed by atoms with Gasteiger partial charge in [0, 0.05) is 5.56 Å². The molecule has 0 aliphatic carbocycles. The van der Waals surface area contributed by atoms with Gasteiger partial charge in [-0.1, -0.05) is 23.8 Å². The lowest BCUT2D eigenvalue weighted by Crippen LogP contribution is -2.25. The first-order valence-electron chi connectivity index (χ1n) is 7.69. The minimum atomic E-state index is -0.362. The van der Waals surface area contributed by atoms with Crippen molar-refractivity contribution in [3.8, 4) is 11.5 Å². The topological polar surface area (TPSA) is 70.9 Å². The van der Waals surface area contributed by atoms with Crippen molar-refractivity contribution in [2.24, 2.45) is 5.10 Å². The molecule has 2 aromatic rings. The summed E-state index contributed by atoms with van der Waals surface area (Å²) in [6.45, 7) is 7.70. The molecule has 0 spiro atoms. The van der Waals surface area contributed by atoms with Gasteiger partial charge in [-0.3, -0.25) is 4.79 Å². The largest absolute Gasteiger partial charge is 0.507 e. The SMILES string of the molecule is Cc1ccc(O)c(C=NNC(=O)COc2c(C)ccc(C)c2C)c1. The molecule has 5 heteroatoms. The molecule has 24 heavy (non-hydrogen) atoms. The van der Waals surface area contributed by atoms with Gasteiger partial charge >= 0.3 is 0 Å². The Morgan fingerprint density at radius 1 is 1.17 bits per heavy atom. The molecular weight excluding hydrogens is 304 g/mol. The zero-order chi connectivity index (χ0) is 17.7. The van der Waals surface area contributed by atoms with Gasteiger partial charge in [-0.2, -0.15) is 5.10 Å². The van der Waals surface area contributed by atoms with Crippen LogP contribution in [0.25, 0.3) is 0 Å². The van der Waals surface area contributed by atoms with Crippen LogP contribution in [0.1, 0.15) is 27.8 Å². The zero-order valence-electron chi connectivity index (χ0n) is 14.4. The number of hydrazone groups is 1. The van der Waals surface area contributed by atoms with Crippen molar-refractivity contribution < 1.29 is 14.6 Å². The maximum atomic E-state index is 11.9. The summed E-state index contributed by atoms with van der Waals surface area (Å²) in [5.41, 5.74) is 7.06. The second-order valence-electron chi connectivity index (χ2n) is 5.80. The van der Waals surface area contributed by atoms with Gasteiger partial charge in [0.2, 0.25) is 0 Å². The first kappa shape index (κ1) is 17.5. The molecule has 2 aromatic carbocycles. The number of nitrogens with zero attached hydrogens (tertiary/aromatic N) is 1. The monoisotopic (exact) mass is 326 g/mol. The highest BCUT2D eigenvalue weighted by Gasteiger charge is 2.08. The number of benzene rings is 2. The van der Waals surface area contributed by atoms with Crippen molar-refractivity contribution >= 4 is 12.1 Å². The average Bonchev–Trinajstić information content (AvgIpc) is 2.54. The molecule has 126 valence electrons. The fourth-order valence-corrected chi connectivity index (χ4v) is 2.27. The van der Waals surface area contributed by atoms with Crippen LogP contribution >= 0.6 is 0 Å². The lowest BCUT2D eigenvalue weighted by molar-refractivity contribution is -0.123. The van der Waals surface area contributed by atoms with Crippen LogP contribution in [-0.2, 0) is 4.79 Å². The second-order valence-corrected chi connectivity index (χ2v) is 5.80. The van der Waals surface area contributed by atoms with Crippen LogP contribution in [-0.4, -0.2) is 23.8 Å². The van der Waals surface area contributed by atoms with E-state index in [4.69, 9.17) is 4.74 Å². The molecule has 2 rings (SSSR count). The van der Waals surface area contributed by atoms with Crippen LogP contribution in [0.15, 0.2) is 35.4 Å². The summed E-state index contributed by atoms with van der Waals surface area (Å²) in [7, 11) is 0. The summed E-state index contributed by atoms with van der Waals surface area (Å²) in [6, 6.07) is 9.15. The number of phenols is 1. The minimum Gasteiger partial charge on any atom is -0.507 e. The van der Waals surface area contributed by atoms with Crippen molar-refractivity contribution in [3.05, 3.63) is 58.1 Å². The molecule has 0 atom stereocenters. The van der Waals surface area contributed by atoms with Gasteiger partial charge < -0.3 is 9.84 Å². The fourth-order valence-electron chi connectivity index (χ4n) is 2.27. The highest BCUT2D eigenvalue weighted by atomic mass is 16.5. The molecule has 0 radical (unpaired) electrons. The Kier molecular flexibility index (Phi) is 5.58. The quantitative estimate of drug-likeness (QED) is 0.655. The molecule has 0 bridgehead atoms. The Morgan fingerprint density at radius 2 is 1.88 bits per heavy atom. The number of amides is 1. The minimum absolute atomic E-state index is 0.112. The number of phenolic OH excluding ortho intramolecular Hbond substituents is 1. The molecule has 0 unspecified atom stereocenters. The molecule has 0 heterocycles. The number of aromatic hydroxyl groups is 1. The van der Waals surface area contributed by atoms with E-state index in [9.17, 15) is 9.90 Å². The maximum Gasteiger partial charge on any atom is 0.277 e. The van der Waals surface area contributed by atoms with Crippen molar-refractivity contribution in [2.45, 2.75) is 27.7 Å². The van der Waals surface area contributed by atoms with E-state index in [-0.39, 0.29) is 18.3 Å². The maximum absolute atomic E-state index is 11.9. The summed E-state index contributed by atoms with van der Waals surface area (Å²) in [6.07, 6.45) is 1.41. The predicted molar refractivity (Wildman–Crippen MR) is 94.7 cm³/mol. The van der Waals surface area contributed by atoms with Crippen molar-refractivity contribution in [3.63, 3.8) is 0 Å². The second kappa shape index (κ2) is 7.64. The summed E-state index contributed by atoms with van der Waals surface area (Å²) in [4.78, 5) is 11.9. The first-order chi connectivity index (χ1) is 11.4. The van der Waals surface area contributed by atoms with Gasteiger partial charge in [-0.15, -0.1) is 0 Å². The van der Waals surface area contributed by atoms with E-state index >= 15 is 0 Å². The van der Waals surface area contributed by atoms with E-state index in [2.05, 4.69) is 10.5 Å². The van der Waals surface area contributed by atoms with E-state index in [1.165, 1.54) is 6.21 Å². The van der Waals surface area contributed by atoms with E-state index in [1.54, 1.807) is 18.2 Å². The average molecular weight is 326 g/mol. The third-order valence-corrected chi connectivity index (χ3v) is 3.80. The number of rotatable bonds is 5. The van der Waals surface area contributed by atoms with Crippen molar-refractivity contribution in [1.29, 1.82) is 0 Å². The Labute approximate surface area is 142 Å². The van der Waals surface area contributed by atoms with E-state index in [0.717, 1.165) is 28.0 Å². The number of nitrogens with one attached hydrogen (secondary N) is 1.